The molecule has 0 amide bonds. The second kappa shape index (κ2) is 7.24. The van der Waals surface area contributed by atoms with Crippen LogP contribution in [0.1, 0.15) is 50.5 Å². The number of aliphatic hydroxyl groups excluding tert-OH is 2. The second-order valence-electron chi connectivity index (χ2n) is 7.54. The third-order valence-corrected chi connectivity index (χ3v) is 5.33. The first-order chi connectivity index (χ1) is 11.1. The smallest absolute Gasteiger partial charge is 0.131 e. The van der Waals surface area contributed by atoms with E-state index < -0.39 is 6.10 Å². The maximum absolute atomic E-state index is 10.3. The summed E-state index contributed by atoms with van der Waals surface area (Å²) < 4.78 is 0. The third-order valence-electron chi connectivity index (χ3n) is 5.33. The number of hydrogen-bond acceptors (Lipinski definition) is 5. The summed E-state index contributed by atoms with van der Waals surface area (Å²) in [6.45, 7) is 5.26. The Morgan fingerprint density at radius 3 is 2.74 bits per heavy atom. The van der Waals surface area contributed by atoms with Crippen molar-refractivity contribution in [2.75, 3.05) is 13.2 Å². The van der Waals surface area contributed by atoms with E-state index in [4.69, 9.17) is 0 Å². The zero-order valence-corrected chi connectivity index (χ0v) is 14.2. The van der Waals surface area contributed by atoms with Crippen molar-refractivity contribution in [3.8, 4) is 0 Å². The summed E-state index contributed by atoms with van der Waals surface area (Å²) in [5, 5.41) is 23.6. The van der Waals surface area contributed by atoms with Crippen LogP contribution in [0.2, 0.25) is 0 Å². The predicted molar refractivity (Wildman–Crippen MR) is 89.0 cm³/mol. The van der Waals surface area contributed by atoms with Crippen molar-refractivity contribution < 1.29 is 10.2 Å². The van der Waals surface area contributed by atoms with Crippen molar-refractivity contribution >= 4 is 0 Å². The van der Waals surface area contributed by atoms with Crippen molar-refractivity contribution in [3.63, 3.8) is 0 Å². The van der Waals surface area contributed by atoms with Crippen LogP contribution in [0.25, 0.3) is 0 Å². The number of nitrogens with one attached hydrogen (secondary N) is 1. The Morgan fingerprint density at radius 1 is 1.30 bits per heavy atom. The summed E-state index contributed by atoms with van der Waals surface area (Å²) in [6, 6.07) is 2.23. The van der Waals surface area contributed by atoms with Crippen molar-refractivity contribution in [1.29, 1.82) is 0 Å². The molecule has 5 nitrogen and oxygen atoms in total. The van der Waals surface area contributed by atoms with Crippen LogP contribution in [0.15, 0.2) is 12.3 Å². The summed E-state index contributed by atoms with van der Waals surface area (Å²) in [6.07, 6.45) is 5.55. The first-order valence-electron chi connectivity index (χ1n) is 8.92. The largest absolute Gasteiger partial charge is 0.396 e. The van der Waals surface area contributed by atoms with Crippen LogP contribution in [0, 0.1) is 17.8 Å². The van der Waals surface area contributed by atoms with Crippen LogP contribution >= 0.6 is 0 Å². The van der Waals surface area contributed by atoms with E-state index in [-0.39, 0.29) is 24.5 Å². The molecule has 1 aromatic heterocycles. The molecule has 0 aromatic carbocycles. The van der Waals surface area contributed by atoms with Crippen LogP contribution in [-0.2, 0) is 6.42 Å². The van der Waals surface area contributed by atoms with Gasteiger partial charge in [-0.3, -0.25) is 0 Å². The van der Waals surface area contributed by atoms with Crippen LogP contribution in [-0.4, -0.2) is 45.5 Å². The lowest BCUT2D eigenvalue weighted by Crippen LogP contribution is -2.37. The average Bonchev–Trinajstić information content (AvgIpc) is 3.31. The van der Waals surface area contributed by atoms with E-state index in [1.165, 1.54) is 12.8 Å². The van der Waals surface area contributed by atoms with Crippen LogP contribution in [0.4, 0.5) is 0 Å². The number of rotatable bonds is 7. The molecule has 0 unspecified atom stereocenters. The normalized spacial score (nSPS) is 31.0. The van der Waals surface area contributed by atoms with Gasteiger partial charge < -0.3 is 15.5 Å². The molecule has 2 aliphatic carbocycles. The lowest BCUT2D eigenvalue weighted by atomic mass is 9.88. The van der Waals surface area contributed by atoms with Gasteiger partial charge in [0.05, 0.1) is 6.10 Å². The number of aliphatic hydroxyl groups is 2. The summed E-state index contributed by atoms with van der Waals surface area (Å²) in [5.74, 6) is 2.14. The topological polar surface area (TPSA) is 78.3 Å². The fraction of sp³-hybridized carbons (Fsp3) is 0.778. The first-order valence-corrected chi connectivity index (χ1v) is 8.92. The van der Waals surface area contributed by atoms with Gasteiger partial charge in [-0.1, -0.05) is 13.8 Å². The molecule has 2 fully saturated rings. The van der Waals surface area contributed by atoms with E-state index >= 15 is 0 Å². The zero-order valence-electron chi connectivity index (χ0n) is 14.2. The number of nitrogens with zero attached hydrogens (tertiary/aromatic N) is 2. The molecule has 0 spiro atoms. The minimum Gasteiger partial charge on any atom is -0.396 e. The molecule has 1 aromatic rings. The molecule has 0 radical (unpaired) electrons. The van der Waals surface area contributed by atoms with Gasteiger partial charge in [0.15, 0.2) is 0 Å². The minimum atomic E-state index is -0.423. The highest BCUT2D eigenvalue weighted by Gasteiger charge is 2.42. The fourth-order valence-corrected chi connectivity index (χ4v) is 3.67. The molecule has 5 heteroatoms. The van der Waals surface area contributed by atoms with Gasteiger partial charge in [0.2, 0.25) is 0 Å². The van der Waals surface area contributed by atoms with Gasteiger partial charge in [0.1, 0.15) is 5.82 Å². The quantitative estimate of drug-likeness (QED) is 0.710. The molecular formula is C18H29N3O2. The molecule has 4 atom stereocenters. The maximum Gasteiger partial charge on any atom is 0.131 e. The SMILES string of the molecule is CC(C)c1nccc(C[C@@H]2[C@@H](CO)[C@H](O)C[C@H]2NCC2CC2)n1. The third kappa shape index (κ3) is 4.08. The van der Waals surface area contributed by atoms with Gasteiger partial charge in [-0.15, -0.1) is 0 Å². The Labute approximate surface area is 138 Å². The Morgan fingerprint density at radius 2 is 2.09 bits per heavy atom. The molecule has 3 rings (SSSR count). The van der Waals surface area contributed by atoms with Crippen molar-refractivity contribution in [1.82, 2.24) is 15.3 Å². The van der Waals surface area contributed by atoms with E-state index in [2.05, 4.69) is 29.1 Å². The Hall–Kier alpha value is -1.04. The molecule has 2 saturated carbocycles. The van der Waals surface area contributed by atoms with Crippen molar-refractivity contribution in [3.05, 3.63) is 23.8 Å². The van der Waals surface area contributed by atoms with E-state index in [0.717, 1.165) is 36.8 Å². The van der Waals surface area contributed by atoms with Crippen LogP contribution in [0.3, 0.4) is 0 Å². The van der Waals surface area contributed by atoms with E-state index in [0.29, 0.717) is 5.92 Å². The maximum atomic E-state index is 10.3. The lowest BCUT2D eigenvalue weighted by Gasteiger charge is -2.25. The van der Waals surface area contributed by atoms with Gasteiger partial charge in [-0.05, 0) is 50.1 Å². The molecular weight excluding hydrogens is 290 g/mol. The lowest BCUT2D eigenvalue weighted by molar-refractivity contribution is 0.0716. The molecule has 0 saturated heterocycles. The van der Waals surface area contributed by atoms with Gasteiger partial charge in [-0.25, -0.2) is 9.97 Å². The highest BCUT2D eigenvalue weighted by atomic mass is 16.3. The minimum absolute atomic E-state index is 0.0373. The molecule has 0 aliphatic heterocycles. The summed E-state index contributed by atoms with van der Waals surface area (Å²) in [5.41, 5.74) is 1.01. The number of hydrogen-bond donors (Lipinski definition) is 3. The predicted octanol–water partition coefficient (Wildman–Crippen LogP) is 1.50. The molecule has 23 heavy (non-hydrogen) atoms. The van der Waals surface area contributed by atoms with Gasteiger partial charge in [0, 0.05) is 36.4 Å². The summed E-state index contributed by atoms with van der Waals surface area (Å²) >= 11 is 0. The molecule has 2 aliphatic rings. The highest BCUT2D eigenvalue weighted by Crippen LogP contribution is 2.36. The van der Waals surface area contributed by atoms with Crippen molar-refractivity contribution in [2.24, 2.45) is 17.8 Å². The van der Waals surface area contributed by atoms with Gasteiger partial charge in [-0.2, -0.15) is 0 Å². The highest BCUT2D eigenvalue weighted by molar-refractivity contribution is 5.09. The first kappa shape index (κ1) is 16.8. The molecule has 128 valence electrons. The second-order valence-corrected chi connectivity index (χ2v) is 7.54. The fourth-order valence-electron chi connectivity index (χ4n) is 3.67. The molecule has 0 bridgehead atoms. The monoisotopic (exact) mass is 319 g/mol. The van der Waals surface area contributed by atoms with Gasteiger partial charge >= 0.3 is 0 Å². The Balaban J connectivity index is 1.71. The zero-order chi connectivity index (χ0) is 16.4. The average molecular weight is 319 g/mol. The van der Waals surface area contributed by atoms with E-state index in [1.807, 2.05) is 12.3 Å². The molecule has 1 heterocycles. The Bertz CT molecular complexity index is 519. The van der Waals surface area contributed by atoms with Crippen LogP contribution < -0.4 is 5.32 Å². The Kier molecular flexibility index (Phi) is 5.29. The standard InChI is InChI=1S/C18H29N3O2/c1-11(2)18-19-6-5-13(21-18)7-14-15(10-22)17(23)8-16(14)20-9-12-3-4-12/h5-6,11-12,14-17,20,22-23H,3-4,7-10H2,1-2H3/t14-,15-,16-,17-/m1/s1. The summed E-state index contributed by atoms with van der Waals surface area (Å²) in [7, 11) is 0. The van der Waals surface area contributed by atoms with Crippen molar-refractivity contribution in [2.45, 2.75) is 57.6 Å². The summed E-state index contributed by atoms with van der Waals surface area (Å²) in [4.78, 5) is 9.00. The van der Waals surface area contributed by atoms with E-state index in [9.17, 15) is 10.2 Å². The van der Waals surface area contributed by atoms with Crippen LogP contribution in [0.5, 0.6) is 0 Å². The number of aromatic nitrogens is 2. The van der Waals surface area contributed by atoms with Gasteiger partial charge in [0.25, 0.3) is 0 Å². The van der Waals surface area contributed by atoms with E-state index in [1.54, 1.807) is 0 Å². The molecule has 3 N–H and O–H groups in total.